The van der Waals surface area contributed by atoms with Crippen LogP contribution in [0.1, 0.15) is 141 Å². The first-order valence-corrected chi connectivity index (χ1v) is 14.1. The third kappa shape index (κ3) is 17.6. The molecule has 1 aromatic carbocycles. The fourth-order valence-electron chi connectivity index (χ4n) is 4.26. The standard InChI is InChI=1S/C30H51NO3/c1-3-4-5-6-7-8-9-10-11-12-13-14-15-16-20-26-34-30(33)25-21-24-29(32)31-27(2)28-22-18-17-19-23-28/h17-19,22-23,27H,3-16,20-21,24-26H2,1-2H3,(H,31,32). The molecule has 194 valence electrons. The maximum absolute atomic E-state index is 12.1. The highest BCUT2D eigenvalue weighted by Crippen LogP contribution is 2.14. The van der Waals surface area contributed by atoms with Crippen molar-refractivity contribution in [1.82, 2.24) is 5.32 Å². The van der Waals surface area contributed by atoms with Crippen molar-refractivity contribution in [2.75, 3.05) is 6.61 Å². The van der Waals surface area contributed by atoms with Gasteiger partial charge in [0.15, 0.2) is 0 Å². The number of unbranched alkanes of at least 4 members (excludes halogenated alkanes) is 14. The molecule has 0 spiro atoms. The minimum absolute atomic E-state index is 0.0217. The Hall–Kier alpha value is -1.84. The van der Waals surface area contributed by atoms with Crippen molar-refractivity contribution in [2.45, 2.75) is 135 Å². The molecule has 1 rings (SSSR count). The Labute approximate surface area is 209 Å². The van der Waals surface area contributed by atoms with Gasteiger partial charge >= 0.3 is 5.97 Å². The van der Waals surface area contributed by atoms with Crippen molar-refractivity contribution in [3.8, 4) is 0 Å². The molecule has 0 fully saturated rings. The molecular weight excluding hydrogens is 422 g/mol. The summed E-state index contributed by atoms with van der Waals surface area (Å²) >= 11 is 0. The third-order valence-corrected chi connectivity index (χ3v) is 6.47. The quantitative estimate of drug-likeness (QED) is 0.136. The Kier molecular flexibility index (Phi) is 19.2. The molecule has 1 N–H and O–H groups in total. The summed E-state index contributed by atoms with van der Waals surface area (Å²) in [4.78, 5) is 23.9. The molecule has 0 bridgehead atoms. The zero-order valence-corrected chi connectivity index (χ0v) is 22.1. The van der Waals surface area contributed by atoms with E-state index in [1.54, 1.807) is 0 Å². The van der Waals surface area contributed by atoms with E-state index in [-0.39, 0.29) is 17.9 Å². The largest absolute Gasteiger partial charge is 0.466 e. The number of benzene rings is 1. The SMILES string of the molecule is CCCCCCCCCCCCCCCCCOC(=O)CCCC(=O)NC(C)c1ccccc1. The summed E-state index contributed by atoms with van der Waals surface area (Å²) in [6, 6.07) is 9.87. The molecule has 0 aliphatic rings. The van der Waals surface area contributed by atoms with Crippen LogP contribution in [-0.4, -0.2) is 18.5 Å². The number of amides is 1. The van der Waals surface area contributed by atoms with Crippen LogP contribution in [0.2, 0.25) is 0 Å². The molecule has 1 aromatic rings. The summed E-state index contributed by atoms with van der Waals surface area (Å²) in [5.41, 5.74) is 1.08. The Morgan fingerprint density at radius 2 is 1.21 bits per heavy atom. The molecule has 34 heavy (non-hydrogen) atoms. The van der Waals surface area contributed by atoms with Crippen molar-refractivity contribution in [2.24, 2.45) is 0 Å². The van der Waals surface area contributed by atoms with Crippen molar-refractivity contribution in [3.05, 3.63) is 35.9 Å². The molecule has 1 amide bonds. The first-order valence-electron chi connectivity index (χ1n) is 14.1. The number of hydrogen-bond acceptors (Lipinski definition) is 3. The molecule has 0 radical (unpaired) electrons. The topological polar surface area (TPSA) is 55.4 Å². The van der Waals surface area contributed by atoms with E-state index < -0.39 is 0 Å². The molecule has 4 heteroatoms. The van der Waals surface area contributed by atoms with Gasteiger partial charge < -0.3 is 10.1 Å². The number of rotatable bonds is 22. The maximum atomic E-state index is 12.1. The number of esters is 1. The Balaban J connectivity index is 1.83. The second kappa shape index (κ2) is 21.7. The summed E-state index contributed by atoms with van der Waals surface area (Å²) in [7, 11) is 0. The Morgan fingerprint density at radius 1 is 0.706 bits per heavy atom. The molecule has 0 heterocycles. The molecular formula is C30H51NO3. The highest BCUT2D eigenvalue weighted by atomic mass is 16.5. The van der Waals surface area contributed by atoms with Crippen LogP contribution in [0.3, 0.4) is 0 Å². The highest BCUT2D eigenvalue weighted by Gasteiger charge is 2.10. The van der Waals surface area contributed by atoms with Gasteiger partial charge in [-0.15, -0.1) is 0 Å². The van der Waals surface area contributed by atoms with Crippen LogP contribution in [-0.2, 0) is 14.3 Å². The molecule has 0 aromatic heterocycles. The Morgan fingerprint density at radius 3 is 1.74 bits per heavy atom. The lowest BCUT2D eigenvalue weighted by Crippen LogP contribution is -2.26. The van der Waals surface area contributed by atoms with E-state index in [2.05, 4.69) is 12.2 Å². The third-order valence-electron chi connectivity index (χ3n) is 6.47. The van der Waals surface area contributed by atoms with Gasteiger partial charge in [-0.25, -0.2) is 0 Å². The first-order chi connectivity index (χ1) is 16.6. The van der Waals surface area contributed by atoms with Crippen LogP contribution < -0.4 is 5.32 Å². The molecule has 1 unspecified atom stereocenters. The number of nitrogens with one attached hydrogen (secondary N) is 1. The molecule has 0 saturated carbocycles. The van der Waals surface area contributed by atoms with E-state index in [0.29, 0.717) is 25.9 Å². The average Bonchev–Trinajstić information content (AvgIpc) is 2.84. The van der Waals surface area contributed by atoms with Crippen LogP contribution in [0.25, 0.3) is 0 Å². The maximum Gasteiger partial charge on any atom is 0.305 e. The summed E-state index contributed by atoms with van der Waals surface area (Å²) in [5.74, 6) is -0.208. The second-order valence-corrected chi connectivity index (χ2v) is 9.72. The van der Waals surface area contributed by atoms with Gasteiger partial charge in [0.25, 0.3) is 0 Å². The summed E-state index contributed by atoms with van der Waals surface area (Å²) in [6.45, 7) is 4.75. The summed E-state index contributed by atoms with van der Waals surface area (Å²) in [5, 5.41) is 2.98. The zero-order chi connectivity index (χ0) is 24.7. The lowest BCUT2D eigenvalue weighted by molar-refractivity contribution is -0.143. The summed E-state index contributed by atoms with van der Waals surface area (Å²) in [6.07, 6.45) is 21.1. The predicted molar refractivity (Wildman–Crippen MR) is 143 cm³/mol. The van der Waals surface area contributed by atoms with Gasteiger partial charge in [-0.2, -0.15) is 0 Å². The Bertz CT molecular complexity index is 617. The smallest absolute Gasteiger partial charge is 0.305 e. The van der Waals surface area contributed by atoms with Crippen molar-refractivity contribution in [1.29, 1.82) is 0 Å². The van der Waals surface area contributed by atoms with Gasteiger partial charge in [-0.05, 0) is 25.3 Å². The number of ether oxygens (including phenoxy) is 1. The number of hydrogen-bond donors (Lipinski definition) is 1. The van der Waals surface area contributed by atoms with Crippen LogP contribution in [0.5, 0.6) is 0 Å². The van der Waals surface area contributed by atoms with E-state index in [1.165, 1.54) is 83.5 Å². The van der Waals surface area contributed by atoms with Gasteiger partial charge in [0.2, 0.25) is 5.91 Å². The van der Waals surface area contributed by atoms with Crippen molar-refractivity contribution < 1.29 is 14.3 Å². The van der Waals surface area contributed by atoms with Crippen LogP contribution >= 0.6 is 0 Å². The normalized spacial score (nSPS) is 11.8. The van der Waals surface area contributed by atoms with Gasteiger partial charge in [0.05, 0.1) is 12.6 Å². The molecule has 0 aliphatic heterocycles. The lowest BCUT2D eigenvalue weighted by atomic mass is 10.0. The van der Waals surface area contributed by atoms with Crippen LogP contribution in [0, 0.1) is 0 Å². The molecule has 1 atom stereocenters. The van der Waals surface area contributed by atoms with Crippen molar-refractivity contribution >= 4 is 11.9 Å². The monoisotopic (exact) mass is 473 g/mol. The van der Waals surface area contributed by atoms with E-state index in [0.717, 1.165) is 18.4 Å². The fraction of sp³-hybridized carbons (Fsp3) is 0.733. The molecule has 0 aliphatic carbocycles. The van der Waals surface area contributed by atoms with Gasteiger partial charge in [0, 0.05) is 12.8 Å². The van der Waals surface area contributed by atoms with Crippen LogP contribution in [0.4, 0.5) is 0 Å². The number of carbonyl (C=O) groups is 2. The molecule has 4 nitrogen and oxygen atoms in total. The van der Waals surface area contributed by atoms with E-state index in [9.17, 15) is 9.59 Å². The van der Waals surface area contributed by atoms with Crippen molar-refractivity contribution in [3.63, 3.8) is 0 Å². The fourth-order valence-corrected chi connectivity index (χ4v) is 4.26. The first kappa shape index (κ1) is 30.2. The van der Waals surface area contributed by atoms with E-state index >= 15 is 0 Å². The zero-order valence-electron chi connectivity index (χ0n) is 22.1. The highest BCUT2D eigenvalue weighted by molar-refractivity contribution is 5.77. The van der Waals surface area contributed by atoms with E-state index in [1.807, 2.05) is 37.3 Å². The predicted octanol–water partition coefficient (Wildman–Crippen LogP) is 8.45. The minimum atomic E-state index is -0.186. The lowest BCUT2D eigenvalue weighted by Gasteiger charge is -2.14. The average molecular weight is 474 g/mol. The van der Waals surface area contributed by atoms with E-state index in [4.69, 9.17) is 4.74 Å². The molecule has 0 saturated heterocycles. The van der Waals surface area contributed by atoms with Gasteiger partial charge in [-0.1, -0.05) is 127 Å². The van der Waals surface area contributed by atoms with Gasteiger partial charge in [-0.3, -0.25) is 9.59 Å². The van der Waals surface area contributed by atoms with Gasteiger partial charge in [0.1, 0.15) is 0 Å². The second-order valence-electron chi connectivity index (χ2n) is 9.72. The number of carbonyl (C=O) groups excluding carboxylic acids is 2. The van der Waals surface area contributed by atoms with Crippen LogP contribution in [0.15, 0.2) is 30.3 Å². The minimum Gasteiger partial charge on any atom is -0.466 e. The summed E-state index contributed by atoms with van der Waals surface area (Å²) < 4.78 is 5.32.